The van der Waals surface area contributed by atoms with E-state index in [1.54, 1.807) is 11.8 Å². The molecule has 17 heavy (non-hydrogen) atoms. The van der Waals surface area contributed by atoms with Crippen LogP contribution in [0.4, 0.5) is 0 Å². The Balaban J connectivity index is 2.14. The molecule has 0 amide bonds. The summed E-state index contributed by atoms with van der Waals surface area (Å²) in [5, 5.41) is 0.679. The number of rotatable bonds is 0. The SMILES string of the molecule is Cc1ccc2c(c1)Sc1cc(C)cc(Cl)c1O2. The average Bonchev–Trinajstić information content (AvgIpc) is 2.26. The van der Waals surface area contributed by atoms with Crippen molar-refractivity contribution < 1.29 is 4.74 Å². The van der Waals surface area contributed by atoms with E-state index in [2.05, 4.69) is 19.1 Å². The van der Waals surface area contributed by atoms with Crippen molar-refractivity contribution in [2.75, 3.05) is 0 Å². The predicted molar refractivity (Wildman–Crippen MR) is 71.6 cm³/mol. The predicted octanol–water partition coefficient (Wildman–Crippen LogP) is 5.21. The lowest BCUT2D eigenvalue weighted by molar-refractivity contribution is 0.454. The fourth-order valence-corrected chi connectivity index (χ4v) is 3.43. The number of ether oxygens (including phenoxy) is 1. The summed E-state index contributed by atoms with van der Waals surface area (Å²) in [6.45, 7) is 4.12. The van der Waals surface area contributed by atoms with E-state index in [0.29, 0.717) is 5.02 Å². The molecule has 0 radical (unpaired) electrons. The molecule has 2 aromatic carbocycles. The molecule has 1 aliphatic rings. The zero-order valence-corrected chi connectivity index (χ0v) is 11.2. The first-order chi connectivity index (χ1) is 8.13. The van der Waals surface area contributed by atoms with E-state index < -0.39 is 0 Å². The van der Waals surface area contributed by atoms with Crippen LogP contribution >= 0.6 is 23.4 Å². The molecule has 0 N–H and O–H groups in total. The highest BCUT2D eigenvalue weighted by atomic mass is 35.5. The lowest BCUT2D eigenvalue weighted by atomic mass is 10.2. The molecule has 3 heteroatoms. The van der Waals surface area contributed by atoms with Crippen LogP contribution in [0.1, 0.15) is 11.1 Å². The van der Waals surface area contributed by atoms with Crippen LogP contribution in [0.5, 0.6) is 11.5 Å². The van der Waals surface area contributed by atoms with E-state index >= 15 is 0 Å². The first kappa shape index (κ1) is 11.0. The topological polar surface area (TPSA) is 9.23 Å². The minimum absolute atomic E-state index is 0.679. The van der Waals surface area contributed by atoms with Gasteiger partial charge in [0.25, 0.3) is 0 Å². The van der Waals surface area contributed by atoms with Gasteiger partial charge < -0.3 is 4.74 Å². The van der Waals surface area contributed by atoms with Gasteiger partial charge in [-0.2, -0.15) is 0 Å². The zero-order valence-electron chi connectivity index (χ0n) is 9.58. The van der Waals surface area contributed by atoms with Crippen molar-refractivity contribution in [1.82, 2.24) is 0 Å². The Bertz CT molecular complexity index is 607. The fourth-order valence-electron chi connectivity index (χ4n) is 1.88. The van der Waals surface area contributed by atoms with Crippen molar-refractivity contribution in [1.29, 1.82) is 0 Å². The Morgan fingerprint density at radius 1 is 1.00 bits per heavy atom. The summed E-state index contributed by atoms with van der Waals surface area (Å²) < 4.78 is 5.87. The van der Waals surface area contributed by atoms with Gasteiger partial charge in [0.2, 0.25) is 0 Å². The number of hydrogen-bond acceptors (Lipinski definition) is 2. The van der Waals surface area contributed by atoms with E-state index in [1.807, 2.05) is 25.1 Å². The van der Waals surface area contributed by atoms with E-state index in [0.717, 1.165) is 26.9 Å². The molecule has 2 aromatic rings. The van der Waals surface area contributed by atoms with Gasteiger partial charge in [0.15, 0.2) is 5.75 Å². The second-order valence-corrected chi connectivity index (χ2v) is 5.72. The van der Waals surface area contributed by atoms with E-state index in [9.17, 15) is 0 Å². The summed E-state index contributed by atoms with van der Waals surface area (Å²) in [7, 11) is 0. The van der Waals surface area contributed by atoms with E-state index in [-0.39, 0.29) is 0 Å². The third-order valence-corrected chi connectivity index (χ3v) is 4.03. The quantitative estimate of drug-likeness (QED) is 0.550. The van der Waals surface area contributed by atoms with Crippen LogP contribution < -0.4 is 4.74 Å². The third kappa shape index (κ3) is 1.92. The van der Waals surface area contributed by atoms with Gasteiger partial charge in [-0.25, -0.2) is 0 Å². The van der Waals surface area contributed by atoms with Gasteiger partial charge >= 0.3 is 0 Å². The van der Waals surface area contributed by atoms with Crippen molar-refractivity contribution in [3.05, 3.63) is 46.5 Å². The number of fused-ring (bicyclic) bond motifs is 2. The second kappa shape index (κ2) is 3.97. The molecule has 3 rings (SSSR count). The molecule has 0 fully saturated rings. The molecule has 86 valence electrons. The molecule has 0 atom stereocenters. The Kier molecular flexibility index (Phi) is 2.57. The average molecular weight is 263 g/mol. The molecule has 0 spiro atoms. The maximum absolute atomic E-state index is 6.21. The van der Waals surface area contributed by atoms with Crippen molar-refractivity contribution >= 4 is 23.4 Å². The molecule has 0 aromatic heterocycles. The third-order valence-electron chi connectivity index (χ3n) is 2.69. The van der Waals surface area contributed by atoms with Crippen molar-refractivity contribution in [3.8, 4) is 11.5 Å². The van der Waals surface area contributed by atoms with Gasteiger partial charge in [-0.15, -0.1) is 0 Å². The highest BCUT2D eigenvalue weighted by Gasteiger charge is 2.20. The maximum Gasteiger partial charge on any atom is 0.159 e. The highest BCUT2D eigenvalue weighted by Crippen LogP contribution is 2.50. The normalized spacial score (nSPS) is 12.6. The molecule has 0 aliphatic carbocycles. The van der Waals surface area contributed by atoms with Crippen LogP contribution in [0.25, 0.3) is 0 Å². The monoisotopic (exact) mass is 262 g/mol. The summed E-state index contributed by atoms with van der Waals surface area (Å²) in [5.74, 6) is 1.66. The van der Waals surface area contributed by atoms with Crippen molar-refractivity contribution in [2.45, 2.75) is 23.6 Å². The Morgan fingerprint density at radius 3 is 2.59 bits per heavy atom. The standard InChI is InChI=1S/C14H11ClOS/c1-8-3-4-11-12(6-8)17-13-7-9(2)5-10(15)14(13)16-11/h3-7H,1-2H3. The van der Waals surface area contributed by atoms with Gasteiger partial charge in [0.1, 0.15) is 5.75 Å². The molecule has 0 bridgehead atoms. The van der Waals surface area contributed by atoms with Crippen molar-refractivity contribution in [3.63, 3.8) is 0 Å². The minimum Gasteiger partial charge on any atom is -0.453 e. The van der Waals surface area contributed by atoms with Gasteiger partial charge in [-0.05, 0) is 49.2 Å². The summed E-state index contributed by atoms with van der Waals surface area (Å²) in [5.41, 5.74) is 2.39. The van der Waals surface area contributed by atoms with Gasteiger partial charge in [0.05, 0.1) is 14.8 Å². The minimum atomic E-state index is 0.679. The number of aryl methyl sites for hydroxylation is 2. The zero-order chi connectivity index (χ0) is 12.0. The lowest BCUT2D eigenvalue weighted by Gasteiger charge is -2.21. The van der Waals surface area contributed by atoms with Gasteiger partial charge in [-0.3, -0.25) is 0 Å². The van der Waals surface area contributed by atoms with Crippen LogP contribution in [0.2, 0.25) is 5.02 Å². The molecule has 0 saturated carbocycles. The largest absolute Gasteiger partial charge is 0.453 e. The summed E-state index contributed by atoms with van der Waals surface area (Å²) in [6.07, 6.45) is 0. The molecule has 0 saturated heterocycles. The number of benzene rings is 2. The molecule has 1 aliphatic heterocycles. The lowest BCUT2D eigenvalue weighted by Crippen LogP contribution is -1.96. The van der Waals surface area contributed by atoms with Crippen molar-refractivity contribution in [2.24, 2.45) is 0 Å². The number of halogens is 1. The summed E-state index contributed by atoms with van der Waals surface area (Å²) in [6, 6.07) is 10.2. The van der Waals surface area contributed by atoms with Crippen LogP contribution in [0.3, 0.4) is 0 Å². The smallest absolute Gasteiger partial charge is 0.159 e. The molecular formula is C14H11ClOS. The van der Waals surface area contributed by atoms with E-state index in [1.165, 1.54) is 5.56 Å². The van der Waals surface area contributed by atoms with Gasteiger partial charge in [0, 0.05) is 0 Å². The van der Waals surface area contributed by atoms with Crippen LogP contribution in [-0.4, -0.2) is 0 Å². The molecule has 1 nitrogen and oxygen atoms in total. The summed E-state index contributed by atoms with van der Waals surface area (Å²) >= 11 is 7.92. The van der Waals surface area contributed by atoms with Gasteiger partial charge in [-0.1, -0.05) is 29.4 Å². The van der Waals surface area contributed by atoms with Crippen LogP contribution in [0, 0.1) is 13.8 Å². The summed E-state index contributed by atoms with van der Waals surface area (Å²) in [4.78, 5) is 2.24. The highest BCUT2D eigenvalue weighted by molar-refractivity contribution is 7.99. The van der Waals surface area contributed by atoms with Crippen LogP contribution in [-0.2, 0) is 0 Å². The second-order valence-electron chi connectivity index (χ2n) is 4.23. The Labute approximate surface area is 110 Å². The number of hydrogen-bond donors (Lipinski definition) is 0. The first-order valence-corrected chi connectivity index (χ1v) is 6.59. The Morgan fingerprint density at radius 2 is 1.76 bits per heavy atom. The molecular weight excluding hydrogens is 252 g/mol. The molecule has 0 unspecified atom stereocenters. The van der Waals surface area contributed by atoms with Crippen LogP contribution in [0.15, 0.2) is 40.1 Å². The maximum atomic E-state index is 6.21. The fraction of sp³-hybridized carbons (Fsp3) is 0.143. The van der Waals surface area contributed by atoms with E-state index in [4.69, 9.17) is 16.3 Å². The Hall–Kier alpha value is -1.12. The first-order valence-electron chi connectivity index (χ1n) is 5.40. The molecule has 1 heterocycles.